The quantitative estimate of drug-likeness (QED) is 0.397. The van der Waals surface area contributed by atoms with Gasteiger partial charge in [0.25, 0.3) is 5.69 Å². The van der Waals surface area contributed by atoms with Crippen LogP contribution >= 0.6 is 0 Å². The van der Waals surface area contributed by atoms with Crippen LogP contribution in [0, 0.1) is 10.1 Å². The molecule has 1 aliphatic carbocycles. The fourth-order valence-corrected chi connectivity index (χ4v) is 5.50. The molecule has 1 heterocycles. The van der Waals surface area contributed by atoms with Crippen LogP contribution in [0.25, 0.3) is 0 Å². The molecule has 0 radical (unpaired) electrons. The third-order valence-electron chi connectivity index (χ3n) is 7.68. The van der Waals surface area contributed by atoms with E-state index in [1.807, 2.05) is 18.2 Å². The molecule has 0 aromatic heterocycles. The molecule has 4 rings (SSSR count). The van der Waals surface area contributed by atoms with Crippen molar-refractivity contribution in [1.29, 1.82) is 0 Å². The fourth-order valence-electron chi connectivity index (χ4n) is 5.50. The minimum absolute atomic E-state index is 0.00154. The molecule has 0 spiro atoms. The Morgan fingerprint density at radius 1 is 1.05 bits per heavy atom. The van der Waals surface area contributed by atoms with Gasteiger partial charge in [-0.15, -0.1) is 0 Å². The van der Waals surface area contributed by atoms with Crippen molar-refractivity contribution in [2.75, 3.05) is 13.1 Å². The number of nitro groups is 1. The lowest BCUT2D eigenvalue weighted by Crippen LogP contribution is -2.49. The summed E-state index contributed by atoms with van der Waals surface area (Å²) in [5.74, 6) is -0.192. The summed E-state index contributed by atoms with van der Waals surface area (Å²) >= 11 is 0. The number of hydrogen-bond acceptors (Lipinski definition) is 6. The largest absolute Gasteiger partial charge is 0.352 e. The van der Waals surface area contributed by atoms with Crippen LogP contribution in [0.3, 0.4) is 0 Å². The highest BCUT2D eigenvalue weighted by Crippen LogP contribution is 2.26. The molecule has 3 N–H and O–H groups in total. The highest BCUT2D eigenvalue weighted by Gasteiger charge is 2.41. The van der Waals surface area contributed by atoms with Gasteiger partial charge in [0.1, 0.15) is 6.04 Å². The topological polar surface area (TPSA) is 122 Å². The smallest absolute Gasteiger partial charge is 0.269 e. The SMILES string of the molecule is CC(=O)N1CC(N(CCc2ccccc2)Cc2ccc([N+](=O)[O-])cc2)CC1C(=O)NC1CCC(N)CC1. The zero-order chi connectivity index (χ0) is 26.4. The molecule has 1 saturated heterocycles. The van der Waals surface area contributed by atoms with Crippen molar-refractivity contribution >= 4 is 17.5 Å². The second-order valence-corrected chi connectivity index (χ2v) is 10.3. The van der Waals surface area contributed by atoms with E-state index in [2.05, 4.69) is 22.3 Å². The summed E-state index contributed by atoms with van der Waals surface area (Å²) in [6.45, 7) is 3.32. The summed E-state index contributed by atoms with van der Waals surface area (Å²) in [4.78, 5) is 40.5. The van der Waals surface area contributed by atoms with Crippen LogP contribution in [0.15, 0.2) is 54.6 Å². The number of non-ortho nitro benzene ring substituents is 1. The maximum atomic E-state index is 13.3. The summed E-state index contributed by atoms with van der Waals surface area (Å²) in [6, 6.07) is 16.6. The zero-order valence-electron chi connectivity index (χ0n) is 21.4. The fraction of sp³-hybridized carbons (Fsp3) is 0.500. The van der Waals surface area contributed by atoms with E-state index in [0.717, 1.165) is 44.2 Å². The number of nitrogens with zero attached hydrogens (tertiary/aromatic N) is 3. The van der Waals surface area contributed by atoms with Crippen LogP contribution in [-0.4, -0.2) is 63.8 Å². The molecule has 2 amide bonds. The van der Waals surface area contributed by atoms with Crippen molar-refractivity contribution in [1.82, 2.24) is 15.1 Å². The lowest BCUT2D eigenvalue weighted by molar-refractivity contribution is -0.384. The van der Waals surface area contributed by atoms with Crippen molar-refractivity contribution in [3.8, 4) is 0 Å². The van der Waals surface area contributed by atoms with Crippen LogP contribution in [0.5, 0.6) is 0 Å². The van der Waals surface area contributed by atoms with Gasteiger partial charge in [0.15, 0.2) is 0 Å². The Labute approximate surface area is 218 Å². The molecule has 2 aliphatic rings. The van der Waals surface area contributed by atoms with Gasteiger partial charge in [0, 0.05) is 56.8 Å². The molecular formula is C28H37N5O4. The van der Waals surface area contributed by atoms with E-state index in [4.69, 9.17) is 5.73 Å². The Morgan fingerprint density at radius 3 is 2.35 bits per heavy atom. The van der Waals surface area contributed by atoms with E-state index in [0.29, 0.717) is 19.5 Å². The minimum atomic E-state index is -0.505. The molecule has 2 aromatic rings. The maximum absolute atomic E-state index is 13.3. The summed E-state index contributed by atoms with van der Waals surface area (Å²) in [5, 5.41) is 14.3. The molecule has 9 heteroatoms. The number of carbonyl (C=O) groups excluding carboxylic acids is 2. The van der Waals surface area contributed by atoms with Crippen LogP contribution in [0.2, 0.25) is 0 Å². The Hall–Kier alpha value is -3.30. The van der Waals surface area contributed by atoms with Gasteiger partial charge in [-0.25, -0.2) is 0 Å². The van der Waals surface area contributed by atoms with Crippen LogP contribution in [0.1, 0.15) is 50.2 Å². The van der Waals surface area contributed by atoms with E-state index in [1.165, 1.54) is 24.6 Å². The lowest BCUT2D eigenvalue weighted by Gasteiger charge is -2.29. The number of amides is 2. The number of nitrogens with two attached hydrogens (primary N) is 1. The van der Waals surface area contributed by atoms with Gasteiger partial charge >= 0.3 is 0 Å². The Bertz CT molecular complexity index is 1070. The second kappa shape index (κ2) is 12.3. The average molecular weight is 508 g/mol. The first-order chi connectivity index (χ1) is 17.8. The molecule has 2 aromatic carbocycles. The van der Waals surface area contributed by atoms with Crippen molar-refractivity contribution in [3.63, 3.8) is 0 Å². The van der Waals surface area contributed by atoms with Gasteiger partial charge < -0.3 is 16.0 Å². The third kappa shape index (κ3) is 7.14. The zero-order valence-corrected chi connectivity index (χ0v) is 21.4. The van der Waals surface area contributed by atoms with Crippen molar-refractivity contribution in [3.05, 3.63) is 75.8 Å². The number of benzene rings is 2. The van der Waals surface area contributed by atoms with Gasteiger partial charge in [-0.2, -0.15) is 0 Å². The van der Waals surface area contributed by atoms with Crippen molar-refractivity contribution in [2.24, 2.45) is 5.73 Å². The maximum Gasteiger partial charge on any atom is 0.269 e. The molecular weight excluding hydrogens is 470 g/mol. The predicted molar refractivity (Wildman–Crippen MR) is 142 cm³/mol. The highest BCUT2D eigenvalue weighted by atomic mass is 16.6. The molecule has 198 valence electrons. The molecule has 1 saturated carbocycles. The summed E-state index contributed by atoms with van der Waals surface area (Å²) in [5.41, 5.74) is 8.24. The van der Waals surface area contributed by atoms with E-state index in [-0.39, 0.29) is 35.6 Å². The van der Waals surface area contributed by atoms with Gasteiger partial charge in [-0.1, -0.05) is 42.5 Å². The lowest BCUT2D eigenvalue weighted by atomic mass is 9.91. The van der Waals surface area contributed by atoms with Gasteiger partial charge in [0.2, 0.25) is 11.8 Å². The van der Waals surface area contributed by atoms with Crippen molar-refractivity contribution < 1.29 is 14.5 Å². The Morgan fingerprint density at radius 2 is 1.73 bits per heavy atom. The Kier molecular flexibility index (Phi) is 8.89. The predicted octanol–water partition coefficient (Wildman–Crippen LogP) is 3.01. The third-order valence-corrected chi connectivity index (χ3v) is 7.68. The van der Waals surface area contributed by atoms with Gasteiger partial charge in [-0.3, -0.25) is 24.6 Å². The number of likely N-dealkylation sites (tertiary alicyclic amines) is 1. The summed E-state index contributed by atoms with van der Waals surface area (Å²) in [7, 11) is 0. The van der Waals surface area contributed by atoms with Gasteiger partial charge in [0.05, 0.1) is 4.92 Å². The first-order valence-electron chi connectivity index (χ1n) is 13.1. The monoisotopic (exact) mass is 507 g/mol. The highest BCUT2D eigenvalue weighted by molar-refractivity contribution is 5.87. The molecule has 2 fully saturated rings. The molecule has 0 bridgehead atoms. The second-order valence-electron chi connectivity index (χ2n) is 10.3. The van der Waals surface area contributed by atoms with Crippen LogP contribution in [-0.2, 0) is 22.6 Å². The Balaban J connectivity index is 1.48. The number of rotatable bonds is 9. The van der Waals surface area contributed by atoms with E-state index < -0.39 is 11.0 Å². The average Bonchev–Trinajstić information content (AvgIpc) is 3.35. The van der Waals surface area contributed by atoms with Crippen molar-refractivity contribution in [2.45, 2.75) is 76.2 Å². The first-order valence-corrected chi connectivity index (χ1v) is 13.1. The number of carbonyl (C=O) groups is 2. The van der Waals surface area contributed by atoms with Crippen LogP contribution in [0.4, 0.5) is 5.69 Å². The standard InChI is InChI=1S/C28H37N5O4/c1-20(34)32-19-26(17-27(32)28(35)30-24-11-9-23(29)10-12-24)31(16-15-21-5-3-2-4-6-21)18-22-7-13-25(14-8-22)33(36)37/h2-8,13-14,23-24,26-27H,9-12,15-19,29H2,1H3,(H,30,35). The van der Waals surface area contributed by atoms with Crippen LogP contribution < -0.4 is 11.1 Å². The molecule has 37 heavy (non-hydrogen) atoms. The normalized spacial score (nSPS) is 23.7. The van der Waals surface area contributed by atoms with E-state index in [9.17, 15) is 19.7 Å². The molecule has 1 aliphatic heterocycles. The molecule has 9 nitrogen and oxygen atoms in total. The molecule has 2 atom stereocenters. The van der Waals surface area contributed by atoms with Gasteiger partial charge in [-0.05, 0) is 49.7 Å². The molecule has 2 unspecified atom stereocenters. The summed E-state index contributed by atoms with van der Waals surface area (Å²) in [6.07, 6.45) is 4.91. The van der Waals surface area contributed by atoms with E-state index in [1.54, 1.807) is 17.0 Å². The summed E-state index contributed by atoms with van der Waals surface area (Å²) < 4.78 is 0. The number of nitro benzene ring substituents is 1. The first kappa shape index (κ1) is 26.8. The van der Waals surface area contributed by atoms with E-state index >= 15 is 0 Å². The minimum Gasteiger partial charge on any atom is -0.352 e. The number of nitrogens with one attached hydrogen (secondary N) is 1. The number of hydrogen-bond donors (Lipinski definition) is 2.